The highest BCUT2D eigenvalue weighted by molar-refractivity contribution is 5.91. The first-order chi connectivity index (χ1) is 17.0. The Morgan fingerprint density at radius 2 is 2.00 bits per heavy atom. The fraction of sp³-hybridized carbons (Fsp3) is 0.462. The number of carbonyl (C=O) groups excluding carboxylic acids is 1. The smallest absolute Gasteiger partial charge is 0.321 e. The lowest BCUT2D eigenvalue weighted by molar-refractivity contribution is 0.122. The molecule has 2 amide bonds. The molecule has 2 saturated heterocycles. The van der Waals surface area contributed by atoms with Crippen molar-refractivity contribution in [3.63, 3.8) is 0 Å². The molecule has 4 heterocycles. The first-order valence-electron chi connectivity index (χ1n) is 12.4. The van der Waals surface area contributed by atoms with Gasteiger partial charge in [0, 0.05) is 38.9 Å². The van der Waals surface area contributed by atoms with E-state index in [0.717, 1.165) is 72.9 Å². The Hall–Kier alpha value is -3.46. The minimum absolute atomic E-state index is 0.0285. The molecule has 2 aromatic heterocycles. The molecule has 9 heteroatoms. The number of aryl methyl sites for hydroxylation is 2. The summed E-state index contributed by atoms with van der Waals surface area (Å²) in [6.45, 7) is 8.86. The summed E-state index contributed by atoms with van der Waals surface area (Å²) in [5, 5.41) is 11.4. The third kappa shape index (κ3) is 5.00. The Bertz CT molecular complexity index is 1200. The number of pyridine rings is 1. The van der Waals surface area contributed by atoms with Gasteiger partial charge in [-0.05, 0) is 60.2 Å². The van der Waals surface area contributed by atoms with Crippen molar-refractivity contribution in [1.29, 1.82) is 0 Å². The van der Waals surface area contributed by atoms with Gasteiger partial charge in [0.25, 0.3) is 0 Å². The largest absolute Gasteiger partial charge is 0.378 e. The molecule has 184 valence electrons. The molecule has 5 rings (SSSR count). The highest BCUT2D eigenvalue weighted by atomic mass is 16.5. The molecule has 0 radical (unpaired) electrons. The average Bonchev–Trinajstić information content (AvgIpc) is 3.54. The highest BCUT2D eigenvalue weighted by Gasteiger charge is 2.25. The van der Waals surface area contributed by atoms with Crippen molar-refractivity contribution in [2.24, 2.45) is 13.0 Å². The van der Waals surface area contributed by atoms with Gasteiger partial charge in [-0.25, -0.2) is 9.78 Å². The van der Waals surface area contributed by atoms with Crippen LogP contribution in [-0.2, 0) is 11.8 Å². The van der Waals surface area contributed by atoms with Gasteiger partial charge in [0.2, 0.25) is 0 Å². The van der Waals surface area contributed by atoms with Crippen molar-refractivity contribution < 1.29 is 9.53 Å². The van der Waals surface area contributed by atoms with E-state index in [0.29, 0.717) is 25.0 Å². The van der Waals surface area contributed by atoms with Gasteiger partial charge in [0.1, 0.15) is 17.8 Å². The number of aromatic nitrogens is 4. The van der Waals surface area contributed by atoms with Crippen LogP contribution >= 0.6 is 0 Å². The molecule has 1 N–H and O–H groups in total. The molecule has 3 aromatic rings. The molecule has 2 aliphatic heterocycles. The van der Waals surface area contributed by atoms with Crippen molar-refractivity contribution in [1.82, 2.24) is 24.6 Å². The lowest BCUT2D eigenvalue weighted by atomic mass is 9.99. The van der Waals surface area contributed by atoms with E-state index in [1.165, 1.54) is 0 Å². The fourth-order valence-electron chi connectivity index (χ4n) is 4.82. The van der Waals surface area contributed by atoms with Crippen LogP contribution in [0.4, 0.5) is 16.3 Å². The van der Waals surface area contributed by atoms with Crippen molar-refractivity contribution in [2.45, 2.75) is 26.7 Å². The van der Waals surface area contributed by atoms with E-state index in [1.807, 2.05) is 28.6 Å². The molecule has 0 aliphatic carbocycles. The van der Waals surface area contributed by atoms with E-state index >= 15 is 0 Å². The average molecular weight is 476 g/mol. The monoisotopic (exact) mass is 475 g/mol. The number of carbonyl (C=O) groups is 1. The zero-order valence-corrected chi connectivity index (χ0v) is 20.7. The van der Waals surface area contributed by atoms with E-state index in [2.05, 4.69) is 52.5 Å². The van der Waals surface area contributed by atoms with Crippen LogP contribution < -0.4 is 10.2 Å². The normalized spacial score (nSPS) is 18.2. The first-order valence-corrected chi connectivity index (χ1v) is 12.4. The molecule has 2 fully saturated rings. The van der Waals surface area contributed by atoms with Crippen LogP contribution in [-0.4, -0.2) is 70.1 Å². The summed E-state index contributed by atoms with van der Waals surface area (Å²) in [5.41, 5.74) is 4.76. The Kier molecular flexibility index (Phi) is 6.68. The second kappa shape index (κ2) is 10.0. The second-order valence-corrected chi connectivity index (χ2v) is 9.43. The number of nitrogens with zero attached hydrogens (tertiary/aromatic N) is 6. The summed E-state index contributed by atoms with van der Waals surface area (Å²) in [6.07, 6.45) is 3.87. The van der Waals surface area contributed by atoms with E-state index < -0.39 is 0 Å². The van der Waals surface area contributed by atoms with Crippen molar-refractivity contribution in [3.8, 4) is 22.6 Å². The fourth-order valence-corrected chi connectivity index (χ4v) is 4.82. The third-order valence-electron chi connectivity index (χ3n) is 7.04. The maximum Gasteiger partial charge on any atom is 0.321 e. The summed E-state index contributed by atoms with van der Waals surface area (Å²) >= 11 is 0. The lowest BCUT2D eigenvalue weighted by Gasteiger charge is -2.28. The predicted molar refractivity (Wildman–Crippen MR) is 136 cm³/mol. The third-order valence-corrected chi connectivity index (χ3v) is 7.04. The zero-order chi connectivity index (χ0) is 24.4. The molecule has 0 unspecified atom stereocenters. The molecular weight excluding hydrogens is 442 g/mol. The molecule has 0 saturated carbocycles. The number of amides is 2. The zero-order valence-electron chi connectivity index (χ0n) is 20.7. The van der Waals surface area contributed by atoms with Crippen molar-refractivity contribution >= 4 is 17.5 Å². The van der Waals surface area contributed by atoms with Crippen LogP contribution in [0.5, 0.6) is 0 Å². The van der Waals surface area contributed by atoms with Crippen LogP contribution in [0.3, 0.4) is 0 Å². The Morgan fingerprint density at radius 1 is 1.17 bits per heavy atom. The van der Waals surface area contributed by atoms with E-state index in [4.69, 9.17) is 9.72 Å². The van der Waals surface area contributed by atoms with E-state index in [-0.39, 0.29) is 6.03 Å². The summed E-state index contributed by atoms with van der Waals surface area (Å²) in [6, 6.07) is 10.2. The summed E-state index contributed by atoms with van der Waals surface area (Å²) in [4.78, 5) is 22.0. The van der Waals surface area contributed by atoms with Gasteiger partial charge in [-0.2, -0.15) is 0 Å². The van der Waals surface area contributed by atoms with Gasteiger partial charge in [0.05, 0.1) is 13.2 Å². The van der Waals surface area contributed by atoms with E-state index in [9.17, 15) is 4.79 Å². The number of ether oxygens (including phenoxy) is 1. The van der Waals surface area contributed by atoms with Crippen LogP contribution in [0.2, 0.25) is 0 Å². The molecule has 1 atom stereocenters. The summed E-state index contributed by atoms with van der Waals surface area (Å²) < 4.78 is 7.42. The van der Waals surface area contributed by atoms with Gasteiger partial charge in [-0.1, -0.05) is 19.4 Å². The Morgan fingerprint density at radius 3 is 2.71 bits per heavy atom. The molecule has 2 aliphatic rings. The molecule has 0 bridgehead atoms. The number of benzene rings is 1. The number of morpholine rings is 1. The summed E-state index contributed by atoms with van der Waals surface area (Å²) in [7, 11) is 1.92. The predicted octanol–water partition coefficient (Wildman–Crippen LogP) is 3.95. The standard InChI is InChI=1S/C26H33N7O2/c1-4-19-7-8-33(16-19)26(34)28-21-6-5-18(2)22(15-21)20-13-23(25-30-27-17-31(25)3)29-24(14-20)32-9-11-35-12-10-32/h5-6,13-15,17,19H,4,7-12,16H2,1-3H3,(H,28,34)/t19-/m1/s1. The summed E-state index contributed by atoms with van der Waals surface area (Å²) in [5.74, 6) is 2.20. The van der Waals surface area contributed by atoms with Crippen molar-refractivity contribution in [3.05, 3.63) is 42.2 Å². The SMILES string of the molecule is CC[C@@H]1CCN(C(=O)Nc2ccc(C)c(-c3cc(-c4nncn4C)nc(N4CCOCC4)c3)c2)C1. The first kappa shape index (κ1) is 23.3. The van der Waals surface area contributed by atoms with E-state index in [1.54, 1.807) is 6.33 Å². The van der Waals surface area contributed by atoms with Gasteiger partial charge in [-0.15, -0.1) is 10.2 Å². The number of likely N-dealkylation sites (tertiary alicyclic amines) is 1. The number of nitrogens with one attached hydrogen (secondary N) is 1. The Labute approximate surface area is 206 Å². The van der Waals surface area contributed by atoms with Gasteiger partial charge in [-0.3, -0.25) is 0 Å². The molecule has 0 spiro atoms. The Balaban J connectivity index is 1.48. The molecule has 9 nitrogen and oxygen atoms in total. The van der Waals surface area contributed by atoms with Crippen LogP contribution in [0.1, 0.15) is 25.3 Å². The maximum absolute atomic E-state index is 12.9. The highest BCUT2D eigenvalue weighted by Crippen LogP contribution is 2.32. The minimum Gasteiger partial charge on any atom is -0.378 e. The van der Waals surface area contributed by atoms with Gasteiger partial charge in [0.15, 0.2) is 5.82 Å². The maximum atomic E-state index is 12.9. The number of anilines is 2. The molecule has 35 heavy (non-hydrogen) atoms. The van der Waals surface area contributed by atoms with Gasteiger partial charge < -0.3 is 24.4 Å². The van der Waals surface area contributed by atoms with Crippen LogP contribution in [0.15, 0.2) is 36.7 Å². The van der Waals surface area contributed by atoms with Crippen molar-refractivity contribution in [2.75, 3.05) is 49.6 Å². The minimum atomic E-state index is -0.0285. The molecule has 1 aromatic carbocycles. The number of hydrogen-bond donors (Lipinski definition) is 1. The van der Waals surface area contributed by atoms with Gasteiger partial charge >= 0.3 is 6.03 Å². The molecular formula is C26H33N7O2. The number of hydrogen-bond acceptors (Lipinski definition) is 6. The lowest BCUT2D eigenvalue weighted by Crippen LogP contribution is -2.36. The second-order valence-electron chi connectivity index (χ2n) is 9.43. The van der Waals surface area contributed by atoms with Crippen LogP contribution in [0.25, 0.3) is 22.6 Å². The van der Waals surface area contributed by atoms with Crippen LogP contribution in [0, 0.1) is 12.8 Å². The quantitative estimate of drug-likeness (QED) is 0.601. The topological polar surface area (TPSA) is 88.4 Å². The number of urea groups is 1. The number of rotatable bonds is 5.